The molecule has 0 spiro atoms. The SMILES string of the molecule is CC(C)CC1CCC(Oc2ccc(-c3c(C(C)(C)O)oc(=O)c4ccccc34)cc2OCc2ccccc2)C1. The molecule has 0 radical (unpaired) electrons. The second kappa shape index (κ2) is 11.3. The summed E-state index contributed by atoms with van der Waals surface area (Å²) in [6.45, 7) is 8.20. The van der Waals surface area contributed by atoms with Gasteiger partial charge in [-0.1, -0.05) is 68.4 Å². The van der Waals surface area contributed by atoms with Crippen LogP contribution in [0.4, 0.5) is 0 Å². The molecule has 1 N–H and O–H groups in total. The van der Waals surface area contributed by atoms with Crippen molar-refractivity contribution in [2.45, 2.75) is 71.7 Å². The maximum absolute atomic E-state index is 12.8. The van der Waals surface area contributed by atoms with Gasteiger partial charge in [0.25, 0.3) is 0 Å². The third kappa shape index (κ3) is 6.20. The summed E-state index contributed by atoms with van der Waals surface area (Å²) in [5.41, 5.74) is 0.677. The van der Waals surface area contributed by atoms with Crippen LogP contribution in [-0.2, 0) is 12.2 Å². The Balaban J connectivity index is 1.56. The highest BCUT2D eigenvalue weighted by molar-refractivity contribution is 5.97. The molecule has 5 nitrogen and oxygen atoms in total. The summed E-state index contributed by atoms with van der Waals surface area (Å²) in [6, 6.07) is 23.2. The zero-order chi connectivity index (χ0) is 27.6. The molecule has 5 rings (SSSR count). The fourth-order valence-corrected chi connectivity index (χ4v) is 5.72. The number of fused-ring (bicyclic) bond motifs is 1. The quantitative estimate of drug-likeness (QED) is 0.240. The summed E-state index contributed by atoms with van der Waals surface area (Å²) >= 11 is 0. The van der Waals surface area contributed by atoms with Gasteiger partial charge in [0.1, 0.15) is 18.0 Å². The lowest BCUT2D eigenvalue weighted by Gasteiger charge is -2.22. The van der Waals surface area contributed by atoms with Gasteiger partial charge < -0.3 is 19.0 Å². The minimum Gasteiger partial charge on any atom is -0.487 e. The van der Waals surface area contributed by atoms with Crippen LogP contribution in [0.1, 0.15) is 64.7 Å². The molecule has 5 heteroatoms. The molecule has 0 amide bonds. The van der Waals surface area contributed by atoms with Crippen LogP contribution in [-0.4, -0.2) is 11.2 Å². The van der Waals surface area contributed by atoms with Gasteiger partial charge in [0.15, 0.2) is 11.5 Å². The topological polar surface area (TPSA) is 68.9 Å². The Morgan fingerprint density at radius 2 is 1.67 bits per heavy atom. The molecule has 1 aliphatic carbocycles. The monoisotopic (exact) mass is 526 g/mol. The van der Waals surface area contributed by atoms with E-state index in [9.17, 15) is 9.90 Å². The zero-order valence-electron chi connectivity index (χ0n) is 23.3. The summed E-state index contributed by atoms with van der Waals surface area (Å²) < 4.78 is 18.6. The van der Waals surface area contributed by atoms with Crippen LogP contribution in [0.25, 0.3) is 21.9 Å². The van der Waals surface area contributed by atoms with Crippen molar-refractivity contribution >= 4 is 10.8 Å². The van der Waals surface area contributed by atoms with Crippen LogP contribution in [0.5, 0.6) is 11.5 Å². The molecule has 1 saturated carbocycles. The van der Waals surface area contributed by atoms with Crippen molar-refractivity contribution < 1.29 is 19.0 Å². The standard InChI is InChI=1S/C34H38O5/c1-22(2)18-24-14-16-26(19-24)38-29-17-15-25(20-30(29)37-21-23-10-6-5-7-11-23)31-27-12-8-9-13-28(27)33(35)39-32(31)34(3,4)36/h5-13,15,17,20,22,24,26,36H,14,16,18-19,21H2,1-4H3. The summed E-state index contributed by atoms with van der Waals surface area (Å²) in [6.07, 6.45) is 4.65. The van der Waals surface area contributed by atoms with E-state index in [1.165, 1.54) is 12.8 Å². The molecule has 0 aliphatic heterocycles. The van der Waals surface area contributed by atoms with Crippen molar-refractivity contribution in [3.8, 4) is 22.6 Å². The van der Waals surface area contributed by atoms with Crippen molar-refractivity contribution in [2.24, 2.45) is 11.8 Å². The zero-order valence-corrected chi connectivity index (χ0v) is 23.3. The highest BCUT2D eigenvalue weighted by Crippen LogP contribution is 2.42. The van der Waals surface area contributed by atoms with Gasteiger partial charge in [-0.05, 0) is 80.7 Å². The Morgan fingerprint density at radius 1 is 0.949 bits per heavy atom. The van der Waals surface area contributed by atoms with E-state index >= 15 is 0 Å². The Labute approximate surface area is 230 Å². The number of ether oxygens (including phenoxy) is 2. The molecular weight excluding hydrogens is 488 g/mol. The van der Waals surface area contributed by atoms with Gasteiger partial charge in [0.05, 0.1) is 11.5 Å². The van der Waals surface area contributed by atoms with Crippen molar-refractivity contribution in [1.29, 1.82) is 0 Å². The molecule has 2 atom stereocenters. The molecule has 0 bridgehead atoms. The Kier molecular flexibility index (Phi) is 7.81. The van der Waals surface area contributed by atoms with Gasteiger partial charge in [-0.15, -0.1) is 0 Å². The predicted molar refractivity (Wildman–Crippen MR) is 155 cm³/mol. The van der Waals surface area contributed by atoms with Crippen molar-refractivity contribution in [2.75, 3.05) is 0 Å². The number of hydrogen-bond acceptors (Lipinski definition) is 5. The third-order valence-corrected chi connectivity index (χ3v) is 7.45. The fraction of sp³-hybridized carbons (Fsp3) is 0.382. The average molecular weight is 527 g/mol. The normalized spacial score (nSPS) is 17.6. The molecule has 1 fully saturated rings. The molecule has 4 aromatic rings. The van der Waals surface area contributed by atoms with Crippen LogP contribution >= 0.6 is 0 Å². The second-order valence-corrected chi connectivity index (χ2v) is 11.7. The Bertz CT molecular complexity index is 1480. The molecule has 0 saturated heterocycles. The molecule has 39 heavy (non-hydrogen) atoms. The molecule has 1 aromatic heterocycles. The third-order valence-electron chi connectivity index (χ3n) is 7.45. The highest BCUT2D eigenvalue weighted by atomic mass is 16.5. The van der Waals surface area contributed by atoms with E-state index in [1.807, 2.05) is 66.7 Å². The Morgan fingerprint density at radius 3 is 2.38 bits per heavy atom. The fourth-order valence-electron chi connectivity index (χ4n) is 5.72. The van der Waals surface area contributed by atoms with Gasteiger partial charge in [-0.2, -0.15) is 0 Å². The molecule has 1 aliphatic rings. The lowest BCUT2D eigenvalue weighted by atomic mass is 9.92. The van der Waals surface area contributed by atoms with Gasteiger partial charge >= 0.3 is 5.63 Å². The van der Waals surface area contributed by atoms with Gasteiger partial charge in [0, 0.05) is 10.9 Å². The first-order chi connectivity index (χ1) is 18.7. The molecule has 2 unspecified atom stereocenters. The smallest absolute Gasteiger partial charge is 0.343 e. The van der Waals surface area contributed by atoms with Gasteiger partial charge in [-0.3, -0.25) is 0 Å². The van der Waals surface area contributed by atoms with Crippen LogP contribution in [0.3, 0.4) is 0 Å². The van der Waals surface area contributed by atoms with E-state index < -0.39 is 11.2 Å². The molecule has 3 aromatic carbocycles. The van der Waals surface area contributed by atoms with Crippen molar-refractivity contribution in [1.82, 2.24) is 0 Å². The van der Waals surface area contributed by atoms with E-state index in [1.54, 1.807) is 19.9 Å². The highest BCUT2D eigenvalue weighted by Gasteiger charge is 2.30. The van der Waals surface area contributed by atoms with Crippen molar-refractivity contribution in [3.05, 3.63) is 94.5 Å². The summed E-state index contributed by atoms with van der Waals surface area (Å²) in [4.78, 5) is 12.8. The van der Waals surface area contributed by atoms with Crippen molar-refractivity contribution in [3.63, 3.8) is 0 Å². The largest absolute Gasteiger partial charge is 0.487 e. The molecule has 1 heterocycles. The first kappa shape index (κ1) is 27.0. The predicted octanol–water partition coefficient (Wildman–Crippen LogP) is 7.86. The average Bonchev–Trinajstić information content (AvgIpc) is 3.34. The molecular formula is C34H38O5. The minimum absolute atomic E-state index is 0.154. The first-order valence-corrected chi connectivity index (χ1v) is 14.0. The van der Waals surface area contributed by atoms with Gasteiger partial charge in [-0.25, -0.2) is 4.79 Å². The van der Waals surface area contributed by atoms with Crippen LogP contribution < -0.4 is 15.1 Å². The number of aliphatic hydroxyl groups is 1. The second-order valence-electron chi connectivity index (χ2n) is 11.7. The first-order valence-electron chi connectivity index (χ1n) is 14.0. The minimum atomic E-state index is -1.37. The van der Waals surface area contributed by atoms with E-state index in [2.05, 4.69) is 13.8 Å². The Hall–Kier alpha value is -3.57. The molecule has 204 valence electrons. The van der Waals surface area contributed by atoms with E-state index in [0.29, 0.717) is 40.9 Å². The lowest BCUT2D eigenvalue weighted by molar-refractivity contribution is 0.0521. The number of hydrogen-bond donors (Lipinski definition) is 1. The van der Waals surface area contributed by atoms with E-state index in [0.717, 1.165) is 29.4 Å². The van der Waals surface area contributed by atoms with E-state index in [4.69, 9.17) is 13.9 Å². The lowest BCUT2D eigenvalue weighted by Crippen LogP contribution is -2.20. The van der Waals surface area contributed by atoms with Crippen LogP contribution in [0.2, 0.25) is 0 Å². The van der Waals surface area contributed by atoms with Gasteiger partial charge in [0.2, 0.25) is 0 Å². The van der Waals surface area contributed by atoms with Crippen LogP contribution in [0, 0.1) is 11.8 Å². The maximum atomic E-state index is 12.8. The van der Waals surface area contributed by atoms with E-state index in [-0.39, 0.29) is 11.9 Å². The van der Waals surface area contributed by atoms with Crippen LogP contribution in [0.15, 0.2) is 82.0 Å². The summed E-state index contributed by atoms with van der Waals surface area (Å²) in [7, 11) is 0. The summed E-state index contributed by atoms with van der Waals surface area (Å²) in [5.74, 6) is 2.93. The maximum Gasteiger partial charge on any atom is 0.343 e. The number of benzene rings is 3. The summed E-state index contributed by atoms with van der Waals surface area (Å²) in [5, 5.41) is 12.2. The number of rotatable bonds is 9.